The summed E-state index contributed by atoms with van der Waals surface area (Å²) in [6.45, 7) is 3.86. The summed E-state index contributed by atoms with van der Waals surface area (Å²) in [5.74, 6) is -1.23. The third kappa shape index (κ3) is 2.88. The van der Waals surface area contributed by atoms with Crippen molar-refractivity contribution in [1.82, 2.24) is 0 Å². The summed E-state index contributed by atoms with van der Waals surface area (Å²) in [7, 11) is 0. The number of carbonyl (C=O) groups is 1. The quantitative estimate of drug-likeness (QED) is 0.617. The second-order valence-electron chi connectivity index (χ2n) is 3.25. The second kappa shape index (κ2) is 5.85. The van der Waals surface area contributed by atoms with E-state index in [9.17, 15) is 14.9 Å². The van der Waals surface area contributed by atoms with Crippen LogP contribution in [0.25, 0.3) is 0 Å². The average Bonchev–Trinajstić information content (AvgIpc) is 2.30. The molecule has 1 N–H and O–H groups in total. The predicted octanol–water partition coefficient (Wildman–Crippen LogP) is 2.09. The normalized spacial score (nSPS) is 9.89. The van der Waals surface area contributed by atoms with Crippen LogP contribution >= 0.6 is 0 Å². The number of benzene rings is 1. The Kier molecular flexibility index (Phi) is 4.47. The van der Waals surface area contributed by atoms with Crippen molar-refractivity contribution in [2.45, 2.75) is 13.8 Å². The van der Waals surface area contributed by atoms with E-state index in [-0.39, 0.29) is 36.0 Å². The highest BCUT2D eigenvalue weighted by molar-refractivity contribution is 5.93. The number of carboxylic acid groups (broad SMARTS) is 1. The molecule has 1 rings (SSSR count). The molecule has 0 radical (unpaired) electrons. The van der Waals surface area contributed by atoms with Gasteiger partial charge in [-0.1, -0.05) is 0 Å². The van der Waals surface area contributed by atoms with Crippen LogP contribution in [0.4, 0.5) is 5.69 Å². The Morgan fingerprint density at radius 3 is 2.39 bits per heavy atom. The molecule has 0 atom stereocenters. The number of carboxylic acids is 1. The Balaban J connectivity index is 3.43. The monoisotopic (exact) mass is 255 g/mol. The highest BCUT2D eigenvalue weighted by Gasteiger charge is 2.22. The fraction of sp³-hybridized carbons (Fsp3) is 0.364. The van der Waals surface area contributed by atoms with Gasteiger partial charge in [0.05, 0.1) is 24.2 Å². The first-order valence-corrected chi connectivity index (χ1v) is 5.32. The molecule has 0 bridgehead atoms. The zero-order valence-electron chi connectivity index (χ0n) is 10.0. The molecule has 7 nitrogen and oxygen atoms in total. The SMILES string of the molecule is CCOc1cc([N+](=O)[O-])cc(C(=O)O)c1OCC. The minimum absolute atomic E-state index is 0.0115. The summed E-state index contributed by atoms with van der Waals surface area (Å²) in [6.07, 6.45) is 0. The van der Waals surface area contributed by atoms with Crippen LogP contribution in [0.5, 0.6) is 11.5 Å². The largest absolute Gasteiger partial charge is 0.490 e. The summed E-state index contributed by atoms with van der Waals surface area (Å²) in [4.78, 5) is 21.1. The molecule has 1 aromatic carbocycles. The van der Waals surface area contributed by atoms with Crippen LogP contribution in [0.15, 0.2) is 12.1 Å². The van der Waals surface area contributed by atoms with Crippen LogP contribution in [0.2, 0.25) is 0 Å². The number of non-ortho nitro benzene ring substituents is 1. The number of hydrogen-bond acceptors (Lipinski definition) is 5. The first kappa shape index (κ1) is 13.8. The van der Waals surface area contributed by atoms with Crippen LogP contribution in [-0.4, -0.2) is 29.2 Å². The van der Waals surface area contributed by atoms with Crippen molar-refractivity contribution < 1.29 is 24.3 Å². The Morgan fingerprint density at radius 1 is 1.33 bits per heavy atom. The van der Waals surface area contributed by atoms with Gasteiger partial charge in [0.15, 0.2) is 11.5 Å². The number of nitrogens with zero attached hydrogens (tertiary/aromatic N) is 1. The maximum atomic E-state index is 11.1. The first-order valence-electron chi connectivity index (χ1n) is 5.32. The summed E-state index contributed by atoms with van der Waals surface area (Å²) in [5, 5.41) is 19.8. The molecule has 0 heterocycles. The molecule has 0 aliphatic rings. The number of nitro groups is 1. The Hall–Kier alpha value is -2.31. The Labute approximate surface area is 103 Å². The van der Waals surface area contributed by atoms with Gasteiger partial charge in [0.2, 0.25) is 0 Å². The van der Waals surface area contributed by atoms with Gasteiger partial charge in [-0.2, -0.15) is 0 Å². The fourth-order valence-electron chi connectivity index (χ4n) is 1.41. The van der Waals surface area contributed by atoms with Crippen LogP contribution < -0.4 is 9.47 Å². The maximum Gasteiger partial charge on any atom is 0.339 e. The lowest BCUT2D eigenvalue weighted by Crippen LogP contribution is -2.07. The van der Waals surface area contributed by atoms with E-state index < -0.39 is 10.9 Å². The van der Waals surface area contributed by atoms with Crippen molar-refractivity contribution in [3.63, 3.8) is 0 Å². The fourth-order valence-corrected chi connectivity index (χ4v) is 1.41. The molecular formula is C11H13NO6. The predicted molar refractivity (Wildman–Crippen MR) is 62.4 cm³/mol. The van der Waals surface area contributed by atoms with Gasteiger partial charge < -0.3 is 14.6 Å². The molecule has 0 spiro atoms. The maximum absolute atomic E-state index is 11.1. The topological polar surface area (TPSA) is 98.9 Å². The van der Waals surface area contributed by atoms with Crippen LogP contribution in [-0.2, 0) is 0 Å². The highest BCUT2D eigenvalue weighted by Crippen LogP contribution is 2.36. The molecule has 0 aliphatic heterocycles. The third-order valence-electron chi connectivity index (χ3n) is 2.07. The minimum atomic E-state index is -1.30. The number of rotatable bonds is 6. The number of nitro benzene ring substituents is 1. The molecule has 0 aliphatic carbocycles. The molecule has 7 heteroatoms. The molecule has 98 valence electrons. The zero-order valence-corrected chi connectivity index (χ0v) is 10.0. The van der Waals surface area contributed by atoms with E-state index in [2.05, 4.69) is 0 Å². The zero-order chi connectivity index (χ0) is 13.7. The number of aromatic carboxylic acids is 1. The van der Waals surface area contributed by atoms with Gasteiger partial charge in [0.25, 0.3) is 5.69 Å². The third-order valence-corrected chi connectivity index (χ3v) is 2.07. The lowest BCUT2D eigenvalue weighted by molar-refractivity contribution is -0.385. The first-order chi connectivity index (χ1) is 8.51. The van der Waals surface area contributed by atoms with Gasteiger partial charge in [-0.3, -0.25) is 10.1 Å². The van der Waals surface area contributed by atoms with Gasteiger partial charge in [0.1, 0.15) is 5.56 Å². The van der Waals surface area contributed by atoms with E-state index in [1.807, 2.05) is 0 Å². The highest BCUT2D eigenvalue weighted by atomic mass is 16.6. The van der Waals surface area contributed by atoms with E-state index in [0.717, 1.165) is 12.1 Å². The molecule has 0 saturated carbocycles. The van der Waals surface area contributed by atoms with Gasteiger partial charge in [-0.05, 0) is 13.8 Å². The molecule has 0 saturated heterocycles. The van der Waals surface area contributed by atoms with Crippen molar-refractivity contribution >= 4 is 11.7 Å². The summed E-state index contributed by atoms with van der Waals surface area (Å²) in [5.41, 5.74) is -0.631. The number of ether oxygens (including phenoxy) is 2. The lowest BCUT2D eigenvalue weighted by Gasteiger charge is -2.12. The molecule has 18 heavy (non-hydrogen) atoms. The number of hydrogen-bond donors (Lipinski definition) is 1. The van der Waals surface area contributed by atoms with E-state index in [1.165, 1.54) is 0 Å². The van der Waals surface area contributed by atoms with Crippen molar-refractivity contribution in [3.8, 4) is 11.5 Å². The van der Waals surface area contributed by atoms with Gasteiger partial charge >= 0.3 is 5.97 Å². The molecule has 0 amide bonds. The summed E-state index contributed by atoms with van der Waals surface area (Å²) < 4.78 is 10.4. The van der Waals surface area contributed by atoms with E-state index >= 15 is 0 Å². The molecule has 1 aromatic rings. The van der Waals surface area contributed by atoms with Crippen molar-refractivity contribution in [2.24, 2.45) is 0 Å². The Bertz CT molecular complexity index is 471. The molecule has 0 unspecified atom stereocenters. The molecule has 0 aromatic heterocycles. The van der Waals surface area contributed by atoms with Crippen molar-refractivity contribution in [3.05, 3.63) is 27.8 Å². The van der Waals surface area contributed by atoms with E-state index in [0.29, 0.717) is 0 Å². The summed E-state index contributed by atoms with van der Waals surface area (Å²) in [6, 6.07) is 2.11. The van der Waals surface area contributed by atoms with Crippen LogP contribution in [0, 0.1) is 10.1 Å². The molecule has 0 fully saturated rings. The lowest BCUT2D eigenvalue weighted by atomic mass is 10.1. The standard InChI is InChI=1S/C11H13NO6/c1-3-17-9-6-7(12(15)16)5-8(11(13)14)10(9)18-4-2/h5-6H,3-4H2,1-2H3,(H,13,14). The van der Waals surface area contributed by atoms with E-state index in [4.69, 9.17) is 14.6 Å². The van der Waals surface area contributed by atoms with Crippen LogP contribution in [0.3, 0.4) is 0 Å². The van der Waals surface area contributed by atoms with Gasteiger partial charge in [-0.15, -0.1) is 0 Å². The smallest absolute Gasteiger partial charge is 0.339 e. The van der Waals surface area contributed by atoms with Crippen LogP contribution in [0.1, 0.15) is 24.2 Å². The van der Waals surface area contributed by atoms with Gasteiger partial charge in [-0.25, -0.2) is 4.79 Å². The minimum Gasteiger partial charge on any atom is -0.490 e. The van der Waals surface area contributed by atoms with Crippen molar-refractivity contribution in [1.29, 1.82) is 0 Å². The molecular weight excluding hydrogens is 242 g/mol. The van der Waals surface area contributed by atoms with Crippen molar-refractivity contribution in [2.75, 3.05) is 13.2 Å². The Morgan fingerprint density at radius 2 is 1.94 bits per heavy atom. The van der Waals surface area contributed by atoms with Gasteiger partial charge in [0, 0.05) is 6.07 Å². The summed E-state index contributed by atoms with van der Waals surface area (Å²) >= 11 is 0. The average molecular weight is 255 g/mol. The van der Waals surface area contributed by atoms with E-state index in [1.54, 1.807) is 13.8 Å². The second-order valence-corrected chi connectivity index (χ2v) is 3.25.